The Kier molecular flexibility index (Phi) is 7.47. The van der Waals surface area contributed by atoms with Gasteiger partial charge in [-0.05, 0) is 25.0 Å². The first kappa shape index (κ1) is 17.0. The quantitative estimate of drug-likeness (QED) is 0.480. The maximum Gasteiger partial charge on any atom is 0.183 e. The maximum atomic E-state index is 5.87. The van der Waals surface area contributed by atoms with Crippen LogP contribution in [0.15, 0.2) is 36.9 Å². The third kappa shape index (κ3) is 5.47. The molecule has 1 aromatic rings. The summed E-state index contributed by atoms with van der Waals surface area (Å²) < 4.78 is 17.3. The lowest BCUT2D eigenvalue weighted by atomic mass is 10.0. The zero-order valence-corrected chi connectivity index (χ0v) is 13.6. The van der Waals surface area contributed by atoms with Crippen molar-refractivity contribution in [1.82, 2.24) is 0 Å². The molecule has 22 heavy (non-hydrogen) atoms. The summed E-state index contributed by atoms with van der Waals surface area (Å²) in [6, 6.07) is 7.98. The van der Waals surface area contributed by atoms with Crippen LogP contribution in [0.4, 0.5) is 0 Å². The Bertz CT molecular complexity index is 419. The fraction of sp³-hybridized carbons (Fsp3) is 0.579. The van der Waals surface area contributed by atoms with Gasteiger partial charge in [-0.15, -0.1) is 6.58 Å². The van der Waals surface area contributed by atoms with Gasteiger partial charge in [-0.3, -0.25) is 0 Å². The van der Waals surface area contributed by atoms with E-state index in [9.17, 15) is 0 Å². The third-order valence-corrected chi connectivity index (χ3v) is 3.93. The molecule has 0 radical (unpaired) electrons. The van der Waals surface area contributed by atoms with Gasteiger partial charge in [-0.25, -0.2) is 0 Å². The van der Waals surface area contributed by atoms with Crippen LogP contribution in [0.5, 0.6) is 5.75 Å². The first-order valence-electron chi connectivity index (χ1n) is 8.40. The van der Waals surface area contributed by atoms with Gasteiger partial charge in [0.05, 0.1) is 19.8 Å². The van der Waals surface area contributed by atoms with Crippen LogP contribution in [0.3, 0.4) is 0 Å². The van der Waals surface area contributed by atoms with Gasteiger partial charge >= 0.3 is 0 Å². The van der Waals surface area contributed by atoms with Crippen LogP contribution in [0.1, 0.15) is 50.9 Å². The first-order valence-corrected chi connectivity index (χ1v) is 8.40. The van der Waals surface area contributed by atoms with E-state index in [0.29, 0.717) is 12.5 Å². The third-order valence-electron chi connectivity index (χ3n) is 3.93. The van der Waals surface area contributed by atoms with Gasteiger partial charge in [-0.1, -0.05) is 44.4 Å². The lowest BCUT2D eigenvalue weighted by Crippen LogP contribution is -2.27. The zero-order valence-electron chi connectivity index (χ0n) is 13.6. The van der Waals surface area contributed by atoms with Crippen molar-refractivity contribution in [2.75, 3.05) is 19.8 Å². The molecular formula is C19H28O3. The van der Waals surface area contributed by atoms with Crippen molar-refractivity contribution >= 4 is 0 Å². The molecule has 2 rings (SSSR count). The van der Waals surface area contributed by atoms with E-state index in [1.54, 1.807) is 0 Å². The monoisotopic (exact) mass is 304 g/mol. The van der Waals surface area contributed by atoms with E-state index in [1.165, 1.54) is 25.7 Å². The van der Waals surface area contributed by atoms with Gasteiger partial charge in [0.15, 0.2) is 6.29 Å². The van der Waals surface area contributed by atoms with Crippen molar-refractivity contribution in [2.24, 2.45) is 5.92 Å². The minimum Gasteiger partial charge on any atom is -0.493 e. The minimum atomic E-state index is -0.232. The molecular weight excluding hydrogens is 276 g/mol. The standard InChI is InChI=1S/C19H28O3/c1-3-5-7-8-16-14-21-19(22-15-16)17-9-11-18(12-10-17)20-13-6-4-2/h4,9-12,16,19H,2-3,5-8,13-15H2,1H3/t16-,19-. The fourth-order valence-electron chi connectivity index (χ4n) is 2.57. The topological polar surface area (TPSA) is 27.7 Å². The number of ether oxygens (including phenoxy) is 3. The van der Waals surface area contributed by atoms with Gasteiger partial charge in [0, 0.05) is 11.5 Å². The number of rotatable bonds is 9. The van der Waals surface area contributed by atoms with E-state index >= 15 is 0 Å². The highest BCUT2D eigenvalue weighted by atomic mass is 16.7. The van der Waals surface area contributed by atoms with Gasteiger partial charge < -0.3 is 14.2 Å². The van der Waals surface area contributed by atoms with E-state index in [2.05, 4.69) is 13.5 Å². The number of benzene rings is 1. The Morgan fingerprint density at radius 3 is 2.55 bits per heavy atom. The molecule has 0 unspecified atom stereocenters. The minimum absolute atomic E-state index is 0.232. The summed E-state index contributed by atoms with van der Waals surface area (Å²) in [5.74, 6) is 1.42. The largest absolute Gasteiger partial charge is 0.493 e. The molecule has 1 heterocycles. The highest BCUT2D eigenvalue weighted by Crippen LogP contribution is 2.28. The summed E-state index contributed by atoms with van der Waals surface area (Å²) in [6.07, 6.45) is 7.52. The lowest BCUT2D eigenvalue weighted by Gasteiger charge is -2.29. The van der Waals surface area contributed by atoms with Gasteiger partial charge in [0.2, 0.25) is 0 Å². The Labute approximate surface area is 134 Å². The average Bonchev–Trinajstić information content (AvgIpc) is 2.57. The zero-order chi connectivity index (χ0) is 15.6. The fourth-order valence-corrected chi connectivity index (χ4v) is 2.57. The summed E-state index contributed by atoms with van der Waals surface area (Å²) in [6.45, 7) is 8.17. The van der Waals surface area contributed by atoms with Crippen molar-refractivity contribution in [3.8, 4) is 5.75 Å². The Morgan fingerprint density at radius 1 is 1.18 bits per heavy atom. The van der Waals surface area contributed by atoms with E-state index in [4.69, 9.17) is 14.2 Å². The molecule has 0 amide bonds. The molecule has 0 N–H and O–H groups in total. The van der Waals surface area contributed by atoms with Gasteiger partial charge in [0.1, 0.15) is 5.75 Å². The second kappa shape index (κ2) is 9.65. The SMILES string of the molecule is C=CCCOc1ccc([C@H]2OC[C@H](CCCCC)CO2)cc1. The van der Waals surface area contributed by atoms with Crippen molar-refractivity contribution < 1.29 is 14.2 Å². The van der Waals surface area contributed by atoms with Crippen molar-refractivity contribution in [1.29, 1.82) is 0 Å². The summed E-state index contributed by atoms with van der Waals surface area (Å²) in [5.41, 5.74) is 1.06. The van der Waals surface area contributed by atoms with E-state index in [-0.39, 0.29) is 6.29 Å². The highest BCUT2D eigenvalue weighted by molar-refractivity contribution is 5.28. The molecule has 3 heteroatoms. The normalized spacial score (nSPS) is 21.5. The van der Waals surface area contributed by atoms with Crippen LogP contribution in [-0.4, -0.2) is 19.8 Å². The maximum absolute atomic E-state index is 5.87. The second-order valence-corrected chi connectivity index (χ2v) is 5.86. The predicted molar refractivity (Wildman–Crippen MR) is 89.0 cm³/mol. The molecule has 3 nitrogen and oxygen atoms in total. The number of hydrogen-bond acceptors (Lipinski definition) is 3. The number of hydrogen-bond donors (Lipinski definition) is 0. The molecule has 1 aliphatic rings. The van der Waals surface area contributed by atoms with Crippen LogP contribution in [0, 0.1) is 5.92 Å². The van der Waals surface area contributed by atoms with Crippen LogP contribution in [-0.2, 0) is 9.47 Å². The molecule has 122 valence electrons. The smallest absolute Gasteiger partial charge is 0.183 e. The van der Waals surface area contributed by atoms with Crippen molar-refractivity contribution in [3.63, 3.8) is 0 Å². The summed E-state index contributed by atoms with van der Waals surface area (Å²) in [7, 11) is 0. The van der Waals surface area contributed by atoms with Gasteiger partial charge in [-0.2, -0.15) is 0 Å². The molecule has 0 aliphatic carbocycles. The Balaban J connectivity index is 1.75. The Morgan fingerprint density at radius 2 is 1.91 bits per heavy atom. The summed E-state index contributed by atoms with van der Waals surface area (Å²) in [5, 5.41) is 0. The molecule has 1 saturated heterocycles. The van der Waals surface area contributed by atoms with E-state index in [1.807, 2.05) is 30.3 Å². The number of unbranched alkanes of at least 4 members (excludes halogenated alkanes) is 2. The highest BCUT2D eigenvalue weighted by Gasteiger charge is 2.23. The lowest BCUT2D eigenvalue weighted by molar-refractivity contribution is -0.206. The van der Waals surface area contributed by atoms with Gasteiger partial charge in [0.25, 0.3) is 0 Å². The van der Waals surface area contributed by atoms with E-state index < -0.39 is 0 Å². The van der Waals surface area contributed by atoms with Crippen LogP contribution in [0.25, 0.3) is 0 Å². The van der Waals surface area contributed by atoms with Crippen LogP contribution >= 0.6 is 0 Å². The Hall–Kier alpha value is -1.32. The molecule has 1 aromatic carbocycles. The van der Waals surface area contributed by atoms with Crippen LogP contribution < -0.4 is 4.74 Å². The second-order valence-electron chi connectivity index (χ2n) is 5.86. The molecule has 0 spiro atoms. The van der Waals surface area contributed by atoms with Crippen LogP contribution in [0.2, 0.25) is 0 Å². The summed E-state index contributed by atoms with van der Waals surface area (Å²) >= 11 is 0. The molecule has 1 aliphatic heterocycles. The van der Waals surface area contributed by atoms with Crippen molar-refractivity contribution in [3.05, 3.63) is 42.5 Å². The molecule has 0 bridgehead atoms. The average molecular weight is 304 g/mol. The summed E-state index contributed by atoms with van der Waals surface area (Å²) in [4.78, 5) is 0. The molecule has 0 saturated carbocycles. The predicted octanol–water partition coefficient (Wildman–Crippen LogP) is 4.88. The van der Waals surface area contributed by atoms with E-state index in [0.717, 1.165) is 30.9 Å². The molecule has 0 aromatic heterocycles. The molecule has 0 atom stereocenters. The first-order chi connectivity index (χ1) is 10.8. The molecule has 1 fully saturated rings. The van der Waals surface area contributed by atoms with Crippen molar-refractivity contribution in [2.45, 2.75) is 45.3 Å².